The normalized spacial score (nSPS) is 12.4. The number of aromatic nitrogens is 1. The van der Waals surface area contributed by atoms with Crippen LogP contribution in [-0.2, 0) is 6.42 Å². The molecule has 0 aliphatic carbocycles. The van der Waals surface area contributed by atoms with Gasteiger partial charge in [0.2, 0.25) is 0 Å². The van der Waals surface area contributed by atoms with Crippen LogP contribution in [0.15, 0.2) is 41.0 Å². The number of benzene rings is 1. The summed E-state index contributed by atoms with van der Waals surface area (Å²) in [6, 6.07) is 8.52. The van der Waals surface area contributed by atoms with Crippen LogP contribution in [0, 0.1) is 12.7 Å². The first-order valence-corrected chi connectivity index (χ1v) is 6.72. The van der Waals surface area contributed by atoms with Crippen molar-refractivity contribution >= 4 is 15.9 Å². The Morgan fingerprint density at radius 3 is 2.84 bits per heavy atom. The molecule has 1 aromatic heterocycles. The third-order valence-corrected chi connectivity index (χ3v) is 3.42. The molecule has 5 heteroatoms. The summed E-state index contributed by atoms with van der Waals surface area (Å²) in [5.41, 5.74) is 5.20. The maximum atomic E-state index is 13.8. The van der Waals surface area contributed by atoms with Crippen LogP contribution in [0.1, 0.15) is 22.9 Å². The smallest absolute Gasteiger partial charge is 0.126 e. The molecule has 0 radical (unpaired) electrons. The molecule has 2 rings (SSSR count). The molecule has 0 amide bonds. The summed E-state index contributed by atoms with van der Waals surface area (Å²) >= 11 is 3.34. The zero-order chi connectivity index (χ0) is 13.8. The van der Waals surface area contributed by atoms with Crippen molar-refractivity contribution in [3.63, 3.8) is 0 Å². The molecule has 0 saturated heterocycles. The van der Waals surface area contributed by atoms with Crippen LogP contribution in [-0.4, -0.2) is 4.98 Å². The number of hydrogen-bond acceptors (Lipinski definition) is 3. The third kappa shape index (κ3) is 3.59. The Morgan fingerprint density at radius 2 is 2.16 bits per heavy atom. The van der Waals surface area contributed by atoms with E-state index in [0.717, 1.165) is 15.7 Å². The number of pyridine rings is 1. The summed E-state index contributed by atoms with van der Waals surface area (Å²) in [7, 11) is 0. The average Bonchev–Trinajstić information content (AvgIpc) is 2.39. The van der Waals surface area contributed by atoms with E-state index in [9.17, 15) is 4.39 Å². The molecule has 3 N–H and O–H groups in total. The number of rotatable bonds is 4. The molecule has 2 aromatic rings. The van der Waals surface area contributed by atoms with Crippen LogP contribution in [0.2, 0.25) is 0 Å². The zero-order valence-electron chi connectivity index (χ0n) is 10.5. The van der Waals surface area contributed by atoms with Crippen LogP contribution in [0.4, 0.5) is 4.39 Å². The predicted octanol–water partition coefficient (Wildman–Crippen LogP) is 3.04. The van der Waals surface area contributed by atoms with Crippen LogP contribution in [0.5, 0.6) is 0 Å². The molecule has 100 valence electrons. The highest BCUT2D eigenvalue weighted by atomic mass is 79.9. The highest BCUT2D eigenvalue weighted by molar-refractivity contribution is 9.10. The Labute approximate surface area is 120 Å². The van der Waals surface area contributed by atoms with Crippen molar-refractivity contribution in [1.29, 1.82) is 0 Å². The molecule has 1 atom stereocenters. The first-order chi connectivity index (χ1) is 9.10. The average molecular weight is 324 g/mol. The summed E-state index contributed by atoms with van der Waals surface area (Å²) in [5.74, 6) is 5.33. The molecule has 0 spiro atoms. The van der Waals surface area contributed by atoms with Gasteiger partial charge in [0.05, 0.1) is 11.7 Å². The van der Waals surface area contributed by atoms with Crippen molar-refractivity contribution in [3.05, 3.63) is 63.6 Å². The van der Waals surface area contributed by atoms with E-state index in [4.69, 9.17) is 5.84 Å². The first kappa shape index (κ1) is 14.1. The molecule has 0 aliphatic heterocycles. The molecule has 1 heterocycles. The Hall–Kier alpha value is -1.30. The van der Waals surface area contributed by atoms with E-state index >= 15 is 0 Å². The number of nitrogens with two attached hydrogens (primary N) is 1. The Kier molecular flexibility index (Phi) is 4.63. The fourth-order valence-corrected chi connectivity index (χ4v) is 2.33. The Morgan fingerprint density at radius 1 is 1.37 bits per heavy atom. The summed E-state index contributed by atoms with van der Waals surface area (Å²) in [5, 5.41) is 0. The molecule has 1 aromatic carbocycles. The number of aryl methyl sites for hydroxylation is 1. The van der Waals surface area contributed by atoms with Gasteiger partial charge < -0.3 is 0 Å². The lowest BCUT2D eigenvalue weighted by molar-refractivity contribution is 0.518. The molecule has 3 nitrogen and oxygen atoms in total. The minimum Gasteiger partial charge on any atom is -0.271 e. The van der Waals surface area contributed by atoms with E-state index in [-0.39, 0.29) is 11.9 Å². The van der Waals surface area contributed by atoms with Gasteiger partial charge in [-0.05, 0) is 54.8 Å². The number of halogens is 2. The number of nitrogens with zero attached hydrogens (tertiary/aromatic N) is 1. The van der Waals surface area contributed by atoms with Gasteiger partial charge in [0.25, 0.3) is 0 Å². The Balaban J connectivity index is 2.26. The molecule has 0 bridgehead atoms. The Bertz CT molecular complexity index is 574. The summed E-state index contributed by atoms with van der Waals surface area (Å²) < 4.78 is 14.6. The maximum Gasteiger partial charge on any atom is 0.126 e. The van der Waals surface area contributed by atoms with Crippen LogP contribution >= 0.6 is 15.9 Å². The highest BCUT2D eigenvalue weighted by Gasteiger charge is 2.14. The van der Waals surface area contributed by atoms with Gasteiger partial charge in [-0.25, -0.2) is 4.39 Å². The second-order valence-electron chi connectivity index (χ2n) is 4.42. The van der Waals surface area contributed by atoms with Gasteiger partial charge in [-0.1, -0.05) is 15.9 Å². The van der Waals surface area contributed by atoms with Crippen molar-refractivity contribution in [2.45, 2.75) is 19.4 Å². The van der Waals surface area contributed by atoms with Gasteiger partial charge in [0.1, 0.15) is 5.82 Å². The van der Waals surface area contributed by atoms with Crippen LogP contribution < -0.4 is 11.3 Å². The molecule has 19 heavy (non-hydrogen) atoms. The second-order valence-corrected chi connectivity index (χ2v) is 5.33. The van der Waals surface area contributed by atoms with Crippen molar-refractivity contribution in [2.24, 2.45) is 5.84 Å². The van der Waals surface area contributed by atoms with Gasteiger partial charge in [0.15, 0.2) is 0 Å². The molecule has 0 saturated carbocycles. The van der Waals surface area contributed by atoms with Gasteiger partial charge >= 0.3 is 0 Å². The number of hydrogen-bond donors (Lipinski definition) is 2. The number of hydrazine groups is 1. The molecular weight excluding hydrogens is 309 g/mol. The molecule has 0 fully saturated rings. The summed E-state index contributed by atoms with van der Waals surface area (Å²) in [4.78, 5) is 4.28. The van der Waals surface area contributed by atoms with E-state index in [0.29, 0.717) is 12.0 Å². The topological polar surface area (TPSA) is 50.9 Å². The van der Waals surface area contributed by atoms with Gasteiger partial charge in [-0.3, -0.25) is 16.3 Å². The highest BCUT2D eigenvalue weighted by Crippen LogP contribution is 2.22. The van der Waals surface area contributed by atoms with Gasteiger partial charge in [-0.2, -0.15) is 0 Å². The largest absolute Gasteiger partial charge is 0.271 e. The SMILES string of the molecule is Cc1ccnc(C(Cc2cc(Br)ccc2F)NN)c1. The fraction of sp³-hybridized carbons (Fsp3) is 0.214. The lowest BCUT2D eigenvalue weighted by Gasteiger charge is -2.16. The summed E-state index contributed by atoms with van der Waals surface area (Å²) in [6.45, 7) is 1.98. The van der Waals surface area contributed by atoms with Gasteiger partial charge in [0, 0.05) is 10.7 Å². The lowest BCUT2D eigenvalue weighted by atomic mass is 10.0. The second kappa shape index (κ2) is 6.23. The minimum absolute atomic E-state index is 0.219. The lowest BCUT2D eigenvalue weighted by Crippen LogP contribution is -2.30. The van der Waals surface area contributed by atoms with Crippen LogP contribution in [0.3, 0.4) is 0 Å². The number of nitrogens with one attached hydrogen (secondary N) is 1. The molecule has 0 aliphatic rings. The minimum atomic E-state index is -0.240. The van der Waals surface area contributed by atoms with Gasteiger partial charge in [-0.15, -0.1) is 0 Å². The van der Waals surface area contributed by atoms with Crippen molar-refractivity contribution in [3.8, 4) is 0 Å². The predicted molar refractivity (Wildman–Crippen MR) is 76.8 cm³/mol. The fourth-order valence-electron chi connectivity index (χ4n) is 1.92. The van der Waals surface area contributed by atoms with E-state index in [1.165, 1.54) is 6.07 Å². The standard InChI is InChI=1S/C14H15BrFN3/c1-9-4-5-18-13(6-9)14(19-17)8-10-7-11(15)2-3-12(10)16/h2-7,14,19H,8,17H2,1H3. The van der Waals surface area contributed by atoms with E-state index in [2.05, 4.69) is 26.3 Å². The monoisotopic (exact) mass is 323 g/mol. The first-order valence-electron chi connectivity index (χ1n) is 5.92. The quantitative estimate of drug-likeness (QED) is 0.671. The van der Waals surface area contributed by atoms with E-state index in [1.54, 1.807) is 18.3 Å². The van der Waals surface area contributed by atoms with E-state index < -0.39 is 0 Å². The van der Waals surface area contributed by atoms with Crippen molar-refractivity contribution in [2.75, 3.05) is 0 Å². The summed E-state index contributed by atoms with van der Waals surface area (Å²) in [6.07, 6.45) is 2.17. The van der Waals surface area contributed by atoms with Crippen molar-refractivity contribution in [1.82, 2.24) is 10.4 Å². The molecular formula is C14H15BrFN3. The zero-order valence-corrected chi connectivity index (χ0v) is 12.1. The van der Waals surface area contributed by atoms with Crippen LogP contribution in [0.25, 0.3) is 0 Å². The maximum absolute atomic E-state index is 13.8. The van der Waals surface area contributed by atoms with E-state index in [1.807, 2.05) is 19.1 Å². The third-order valence-electron chi connectivity index (χ3n) is 2.93. The molecule has 1 unspecified atom stereocenters. The van der Waals surface area contributed by atoms with Crippen molar-refractivity contribution < 1.29 is 4.39 Å².